The van der Waals surface area contributed by atoms with Crippen LogP contribution in [0.15, 0.2) is 83.0 Å². The largest absolute Gasteiger partial charge is 0.497 e. The van der Waals surface area contributed by atoms with Gasteiger partial charge in [-0.2, -0.15) is 0 Å². The molecule has 3 N–H and O–H groups in total. The molecule has 2 fully saturated rings. The summed E-state index contributed by atoms with van der Waals surface area (Å²) in [5, 5.41) is 0. The van der Waals surface area contributed by atoms with Crippen molar-refractivity contribution in [3.63, 3.8) is 0 Å². The van der Waals surface area contributed by atoms with Crippen molar-refractivity contribution in [2.24, 2.45) is 0 Å². The summed E-state index contributed by atoms with van der Waals surface area (Å²) in [5.74, 6) is 0.615. The molecule has 5 aromatic rings. The summed E-state index contributed by atoms with van der Waals surface area (Å²) in [7, 11) is 1.82. The molecule has 314 valence electrons. The molecule has 9 atom stereocenters. The lowest BCUT2D eigenvalue weighted by Crippen LogP contribution is -2.37. The molecule has 2 unspecified atom stereocenters. The van der Waals surface area contributed by atoms with Crippen molar-refractivity contribution in [2.45, 2.75) is 55.3 Å². The highest BCUT2D eigenvalue weighted by molar-refractivity contribution is 8.54. The van der Waals surface area contributed by atoms with Crippen LogP contribution in [0.3, 0.4) is 0 Å². The first-order chi connectivity index (χ1) is 28.4. The molecule has 24 heteroatoms. The number of ether oxygens (including phenoxy) is 4. The first kappa shape index (κ1) is 42.5. The van der Waals surface area contributed by atoms with Crippen LogP contribution >= 0.6 is 27.2 Å². The second kappa shape index (κ2) is 18.7. The zero-order valence-electron chi connectivity index (χ0n) is 31.1. The highest BCUT2D eigenvalue weighted by Crippen LogP contribution is 2.61. The van der Waals surface area contributed by atoms with E-state index < -0.39 is 82.8 Å². The molecule has 59 heavy (non-hydrogen) atoms. The summed E-state index contributed by atoms with van der Waals surface area (Å²) in [4.78, 5) is 51.3. The summed E-state index contributed by atoms with van der Waals surface area (Å²) in [6.07, 6.45) is -5.75. The smallest absolute Gasteiger partial charge is 0.389 e. The third-order valence-corrected chi connectivity index (χ3v) is 13.7. The van der Waals surface area contributed by atoms with Crippen LogP contribution in [0.25, 0.3) is 11.2 Å². The van der Waals surface area contributed by atoms with Crippen LogP contribution in [0.5, 0.6) is 11.5 Å². The number of aromatic amines is 1. The Hall–Kier alpha value is -4.63. The third-order valence-electron chi connectivity index (χ3n) is 9.21. The van der Waals surface area contributed by atoms with Crippen molar-refractivity contribution >= 4 is 50.2 Å². The fourth-order valence-electron chi connectivity index (χ4n) is 6.11. The van der Waals surface area contributed by atoms with Crippen LogP contribution in [0.1, 0.15) is 34.8 Å². The average molecular weight is 880 g/mol. The zero-order chi connectivity index (χ0) is 41.7. The Labute approximate surface area is 339 Å². The number of alkyl halides is 2. The zero-order valence-corrected chi connectivity index (χ0v) is 33.8. The highest BCUT2D eigenvalue weighted by Gasteiger charge is 2.49. The second-order valence-electron chi connectivity index (χ2n) is 12.9. The number of esters is 1. The van der Waals surface area contributed by atoms with Gasteiger partial charge in [-0.1, -0.05) is 12.1 Å². The van der Waals surface area contributed by atoms with Gasteiger partial charge in [0.25, 0.3) is 5.56 Å². The number of hydrogen-bond donors (Lipinski definition) is 2. The van der Waals surface area contributed by atoms with Gasteiger partial charge >= 0.3 is 18.5 Å². The van der Waals surface area contributed by atoms with Gasteiger partial charge in [0.1, 0.15) is 54.1 Å². The van der Waals surface area contributed by atoms with Gasteiger partial charge in [-0.05, 0) is 53.3 Å². The van der Waals surface area contributed by atoms with Crippen molar-refractivity contribution in [1.29, 1.82) is 0 Å². The van der Waals surface area contributed by atoms with Gasteiger partial charge in [0.2, 0.25) is 0 Å². The fourth-order valence-corrected chi connectivity index (χ4v) is 9.53. The topological polar surface area (TPSA) is 232 Å². The number of fused-ring (bicyclic) bond motifs is 1. The summed E-state index contributed by atoms with van der Waals surface area (Å²) in [5.41, 5.74) is 5.99. The monoisotopic (exact) mass is 879 g/mol. The molecule has 0 saturated carbocycles. The quantitative estimate of drug-likeness (QED) is 0.0559. The van der Waals surface area contributed by atoms with Crippen LogP contribution in [0.4, 0.5) is 14.6 Å². The number of nitrogens with one attached hydrogen (secondary N) is 1. The van der Waals surface area contributed by atoms with Gasteiger partial charge in [-0.3, -0.25) is 23.4 Å². The first-order valence-electron chi connectivity index (χ1n) is 17.7. The number of halogens is 2. The van der Waals surface area contributed by atoms with E-state index in [4.69, 9.17) is 42.8 Å². The summed E-state index contributed by atoms with van der Waals surface area (Å²) >= 11 is 0.822. The van der Waals surface area contributed by atoms with E-state index in [-0.39, 0.29) is 30.3 Å². The minimum atomic E-state index is -3.91. The Bertz CT molecular complexity index is 2410. The summed E-state index contributed by atoms with van der Waals surface area (Å²) in [6.45, 7) is -4.77. The number of carbonyl (C=O) groups excluding carboxylic acids is 1. The average Bonchev–Trinajstić information content (AvgIpc) is 3.93. The van der Waals surface area contributed by atoms with Gasteiger partial charge < -0.3 is 38.3 Å². The van der Waals surface area contributed by atoms with E-state index in [0.29, 0.717) is 28.0 Å². The molecule has 0 aliphatic carbocycles. The van der Waals surface area contributed by atoms with Crippen molar-refractivity contribution in [2.75, 3.05) is 33.2 Å². The lowest BCUT2D eigenvalue weighted by Gasteiger charge is -2.21. The molecule has 2 aliphatic rings. The number of nitrogens with zero attached hydrogens (tertiary/aromatic N) is 5. The van der Waals surface area contributed by atoms with Crippen LogP contribution in [-0.4, -0.2) is 93.1 Å². The van der Waals surface area contributed by atoms with E-state index in [0.717, 1.165) is 28.2 Å². The molecular weight excluding hydrogens is 842 g/mol. The standard InChI is InChI=1S/C35H37F2N7O12P2S/c1-49-21-9-5-20(6-10-21)34(46)53-22-7-3-19(4-8-22)16-59-58(48,50-2)52-15-25-28(37)30(33(55-25)43-12-11-26(45)42-35(43)47)56-57-51-14-24-23(36)13-27(54-24)44-18-41-29-31(38)39-17-40-32(29)44/h3-12,17-18,23-25,27-28,30,33,57H,13-16H2,1-2H3,(H2,38,39,40)(H,42,45,47)/t23-,24+,25+,27+,28+,30+,33+,58?/m0/s1. The Balaban J connectivity index is 0.931. The van der Waals surface area contributed by atoms with Gasteiger partial charge in [0.05, 0.1) is 32.2 Å². The molecule has 19 nitrogen and oxygen atoms in total. The fraction of sp³-hybridized carbons (Fsp3) is 0.371. The van der Waals surface area contributed by atoms with Gasteiger partial charge in [0.15, 0.2) is 32.9 Å². The van der Waals surface area contributed by atoms with E-state index in [1.165, 1.54) is 26.9 Å². The molecule has 0 radical (unpaired) electrons. The number of nitrogen functional groups attached to an aromatic ring is 1. The second-order valence-corrected chi connectivity index (χ2v) is 17.8. The summed E-state index contributed by atoms with van der Waals surface area (Å²) < 4.78 is 91.5. The molecule has 2 aliphatic heterocycles. The lowest BCUT2D eigenvalue weighted by atomic mass is 10.1. The number of benzene rings is 2. The Morgan fingerprint density at radius 2 is 1.76 bits per heavy atom. The Kier molecular flexibility index (Phi) is 13.5. The molecule has 3 aromatic heterocycles. The number of hydrogen-bond acceptors (Lipinski definition) is 17. The molecular formula is C35H37F2N7O12P2S. The number of methoxy groups -OCH3 is 1. The predicted molar refractivity (Wildman–Crippen MR) is 209 cm³/mol. The molecule has 0 bridgehead atoms. The van der Waals surface area contributed by atoms with E-state index in [9.17, 15) is 18.9 Å². The number of anilines is 1. The maximum Gasteiger partial charge on any atom is 0.389 e. The number of carbonyl (C=O) groups is 1. The molecule has 0 amide bonds. The molecule has 2 aromatic carbocycles. The highest BCUT2D eigenvalue weighted by atomic mass is 32.7. The minimum absolute atomic E-state index is 0.0334. The molecule has 5 heterocycles. The van der Waals surface area contributed by atoms with Crippen molar-refractivity contribution < 1.29 is 55.2 Å². The third kappa shape index (κ3) is 9.88. The van der Waals surface area contributed by atoms with Crippen LogP contribution in [0, 0.1) is 0 Å². The number of aromatic nitrogens is 6. The SMILES string of the molecule is COc1ccc(C(=O)Oc2ccc(CSP(=O)(OC)OC[C@H]3O[C@@H](n4ccc(=O)[nH]c4=O)[C@H](OPOC[C@H]4O[C@@H](n5cnc6c(N)ncnc65)C[C@@H]4F)[C@@H]3F)cc2)cc1. The van der Waals surface area contributed by atoms with E-state index in [2.05, 4.69) is 19.9 Å². The van der Waals surface area contributed by atoms with E-state index in [1.807, 2.05) is 0 Å². The van der Waals surface area contributed by atoms with Crippen molar-refractivity contribution in [3.8, 4) is 11.5 Å². The Morgan fingerprint density at radius 3 is 2.49 bits per heavy atom. The van der Waals surface area contributed by atoms with E-state index in [1.54, 1.807) is 53.1 Å². The number of rotatable bonds is 17. The van der Waals surface area contributed by atoms with Gasteiger partial charge in [-0.15, -0.1) is 0 Å². The lowest BCUT2D eigenvalue weighted by molar-refractivity contribution is -0.0486. The van der Waals surface area contributed by atoms with Crippen LogP contribution in [-0.2, 0) is 37.9 Å². The number of imidazole rings is 1. The first-order valence-corrected chi connectivity index (χ1v) is 21.7. The Morgan fingerprint density at radius 1 is 1.00 bits per heavy atom. The van der Waals surface area contributed by atoms with Crippen molar-refractivity contribution in [1.82, 2.24) is 29.1 Å². The molecule has 2 saturated heterocycles. The van der Waals surface area contributed by atoms with Crippen LogP contribution < -0.4 is 26.5 Å². The van der Waals surface area contributed by atoms with Gasteiger partial charge in [-0.25, -0.2) is 37.9 Å². The van der Waals surface area contributed by atoms with E-state index >= 15 is 8.78 Å². The number of nitrogens with two attached hydrogens (primary N) is 1. The molecule has 0 spiro atoms. The minimum Gasteiger partial charge on any atom is -0.497 e. The molecule has 7 rings (SSSR count). The predicted octanol–water partition coefficient (Wildman–Crippen LogP) is 4.66. The number of H-pyrrole nitrogens is 1. The normalized spacial score (nSPS) is 24.2. The van der Waals surface area contributed by atoms with Crippen LogP contribution in [0.2, 0.25) is 0 Å². The summed E-state index contributed by atoms with van der Waals surface area (Å²) in [6, 6.07) is 14.0. The van der Waals surface area contributed by atoms with Crippen molar-refractivity contribution in [3.05, 3.63) is 105 Å². The van der Waals surface area contributed by atoms with Gasteiger partial charge in [0, 0.05) is 31.5 Å². The maximum atomic E-state index is 16.1. The maximum absolute atomic E-state index is 16.1.